The maximum atomic E-state index is 11.0. The molecular weight excluding hydrogens is 174 g/mol. The highest BCUT2D eigenvalue weighted by molar-refractivity contribution is 7.84. The average molecular weight is 183 g/mol. The summed E-state index contributed by atoms with van der Waals surface area (Å²) in [6.07, 6.45) is 1.64. The fourth-order valence-corrected chi connectivity index (χ4v) is 1.75. The number of rotatable bonds is 0. The first-order chi connectivity index (χ1) is 5.88. The lowest BCUT2D eigenvalue weighted by molar-refractivity contribution is 0.399. The lowest BCUT2D eigenvalue weighted by atomic mass is 10.2. The molecule has 1 heterocycles. The van der Waals surface area contributed by atoms with Gasteiger partial charge in [0.25, 0.3) is 0 Å². The van der Waals surface area contributed by atoms with E-state index in [1.54, 1.807) is 6.21 Å². The van der Waals surface area contributed by atoms with E-state index in [0.717, 1.165) is 17.6 Å². The normalized spacial score (nSPS) is 18.0. The van der Waals surface area contributed by atoms with Gasteiger partial charge in [0.2, 0.25) is 0 Å². The van der Waals surface area contributed by atoms with Crippen LogP contribution in [0.3, 0.4) is 0 Å². The largest absolute Gasteiger partial charge is 0.400 e. The molecule has 0 aromatic heterocycles. The van der Waals surface area contributed by atoms with Crippen molar-refractivity contribution in [1.82, 2.24) is 0 Å². The second-order valence-electron chi connectivity index (χ2n) is 2.02. The molecule has 1 atom stereocenters. The molecule has 64 valence electrons. The van der Waals surface area contributed by atoms with Crippen molar-refractivity contribution < 1.29 is 9.32 Å². The van der Waals surface area contributed by atoms with Gasteiger partial charge in [-0.2, -0.15) is 4.40 Å². The number of aliphatic hydroxyl groups is 1. The Bertz CT molecular complexity index is 323. The van der Waals surface area contributed by atoms with Crippen LogP contribution in [0.2, 0.25) is 0 Å². The number of aliphatic hydroxyl groups excluding tert-OH is 1. The van der Waals surface area contributed by atoms with Gasteiger partial charge in [0, 0.05) is 18.9 Å². The summed E-state index contributed by atoms with van der Waals surface area (Å²) in [5.74, 6) is 0. The van der Waals surface area contributed by atoms with E-state index in [0.29, 0.717) is 0 Å². The van der Waals surface area contributed by atoms with Gasteiger partial charge in [0.1, 0.15) is 0 Å². The Kier molecular flexibility index (Phi) is 3.13. The molecule has 1 aromatic rings. The Balaban J connectivity index is 0.000000336. The predicted octanol–water partition coefficient (Wildman–Crippen LogP) is 0.750. The molecule has 2 rings (SSSR count). The lowest BCUT2D eigenvalue weighted by Gasteiger charge is -1.90. The smallest absolute Gasteiger partial charge is 0.173 e. The second kappa shape index (κ2) is 4.13. The van der Waals surface area contributed by atoms with Crippen molar-refractivity contribution in [3.8, 4) is 0 Å². The molecule has 4 heteroatoms. The van der Waals surface area contributed by atoms with Gasteiger partial charge in [-0.1, -0.05) is 18.2 Å². The van der Waals surface area contributed by atoms with E-state index in [9.17, 15) is 4.21 Å². The minimum absolute atomic E-state index is 0.822. The van der Waals surface area contributed by atoms with E-state index >= 15 is 0 Å². The van der Waals surface area contributed by atoms with E-state index in [1.165, 1.54) is 0 Å². The lowest BCUT2D eigenvalue weighted by Crippen LogP contribution is -1.82. The summed E-state index contributed by atoms with van der Waals surface area (Å²) in [6, 6.07) is 7.51. The van der Waals surface area contributed by atoms with Crippen molar-refractivity contribution >= 4 is 17.2 Å². The molecule has 1 aliphatic heterocycles. The van der Waals surface area contributed by atoms with Crippen molar-refractivity contribution in [2.75, 3.05) is 7.11 Å². The molecule has 0 saturated carbocycles. The van der Waals surface area contributed by atoms with Crippen LogP contribution in [0.4, 0.5) is 0 Å². The van der Waals surface area contributed by atoms with E-state index in [-0.39, 0.29) is 0 Å². The zero-order valence-corrected chi connectivity index (χ0v) is 7.41. The molecule has 0 aliphatic carbocycles. The fourth-order valence-electron chi connectivity index (χ4n) is 0.908. The molecular formula is C8H9NO2S. The van der Waals surface area contributed by atoms with Crippen molar-refractivity contribution in [3.63, 3.8) is 0 Å². The molecule has 12 heavy (non-hydrogen) atoms. The third-order valence-electron chi connectivity index (χ3n) is 1.39. The summed E-state index contributed by atoms with van der Waals surface area (Å²) in [5, 5.41) is 7.00. The van der Waals surface area contributed by atoms with Gasteiger partial charge < -0.3 is 5.11 Å². The number of hydrogen-bond acceptors (Lipinski definition) is 2. The minimum atomic E-state index is -1.13. The summed E-state index contributed by atoms with van der Waals surface area (Å²) in [5.41, 5.74) is 0.973. The van der Waals surface area contributed by atoms with Crippen molar-refractivity contribution in [2.45, 2.75) is 4.90 Å². The second-order valence-corrected chi connectivity index (χ2v) is 3.17. The fraction of sp³-hybridized carbons (Fsp3) is 0.125. The monoisotopic (exact) mass is 183 g/mol. The van der Waals surface area contributed by atoms with Gasteiger partial charge in [0.05, 0.1) is 4.90 Å². The Morgan fingerprint density at radius 1 is 1.33 bits per heavy atom. The minimum Gasteiger partial charge on any atom is -0.400 e. The Morgan fingerprint density at radius 3 is 2.67 bits per heavy atom. The van der Waals surface area contributed by atoms with Gasteiger partial charge in [-0.15, -0.1) is 0 Å². The SMILES string of the molecule is CO.O=S1N=Cc2ccccc21. The zero-order valence-electron chi connectivity index (χ0n) is 6.60. The molecule has 0 saturated heterocycles. The first-order valence-corrected chi connectivity index (χ1v) is 4.48. The van der Waals surface area contributed by atoms with Crippen LogP contribution >= 0.6 is 0 Å². The van der Waals surface area contributed by atoms with Crippen LogP contribution in [0.1, 0.15) is 5.56 Å². The Hall–Kier alpha value is -1.00. The Morgan fingerprint density at radius 2 is 2.00 bits per heavy atom. The molecule has 0 amide bonds. The van der Waals surface area contributed by atoms with Crippen molar-refractivity contribution in [2.24, 2.45) is 4.40 Å². The van der Waals surface area contributed by atoms with Crippen LogP contribution in [0.5, 0.6) is 0 Å². The van der Waals surface area contributed by atoms with Crippen molar-refractivity contribution in [3.05, 3.63) is 29.8 Å². The molecule has 1 unspecified atom stereocenters. The highest BCUT2D eigenvalue weighted by atomic mass is 32.2. The van der Waals surface area contributed by atoms with Crippen LogP contribution in [0.15, 0.2) is 33.6 Å². The highest BCUT2D eigenvalue weighted by Crippen LogP contribution is 2.17. The standard InChI is InChI=1S/C7H5NOS.CH4O/c9-10-7-4-2-1-3-6(7)5-8-10;1-2/h1-5H;2H,1H3. The number of fused-ring (bicyclic) bond motifs is 1. The van der Waals surface area contributed by atoms with E-state index in [4.69, 9.17) is 5.11 Å². The quantitative estimate of drug-likeness (QED) is 0.645. The van der Waals surface area contributed by atoms with Gasteiger partial charge >= 0.3 is 0 Å². The molecule has 0 fully saturated rings. The molecule has 1 aromatic carbocycles. The zero-order chi connectivity index (χ0) is 8.97. The maximum absolute atomic E-state index is 11.0. The predicted molar refractivity (Wildman–Crippen MR) is 48.6 cm³/mol. The topological polar surface area (TPSA) is 49.7 Å². The van der Waals surface area contributed by atoms with Crippen LogP contribution < -0.4 is 0 Å². The summed E-state index contributed by atoms with van der Waals surface area (Å²) in [6.45, 7) is 0. The molecule has 1 aliphatic rings. The van der Waals surface area contributed by atoms with Crippen LogP contribution in [-0.2, 0) is 11.0 Å². The maximum Gasteiger partial charge on any atom is 0.173 e. The first kappa shape index (κ1) is 9.09. The third kappa shape index (κ3) is 1.60. The number of benzene rings is 1. The summed E-state index contributed by atoms with van der Waals surface area (Å²) in [4.78, 5) is 0.822. The number of nitrogens with zero attached hydrogens (tertiary/aromatic N) is 1. The van der Waals surface area contributed by atoms with E-state index in [1.807, 2.05) is 24.3 Å². The molecule has 0 bridgehead atoms. The van der Waals surface area contributed by atoms with E-state index < -0.39 is 11.0 Å². The van der Waals surface area contributed by atoms with Crippen molar-refractivity contribution in [1.29, 1.82) is 0 Å². The highest BCUT2D eigenvalue weighted by Gasteiger charge is 2.11. The van der Waals surface area contributed by atoms with Gasteiger partial charge in [-0.05, 0) is 6.07 Å². The summed E-state index contributed by atoms with van der Waals surface area (Å²) in [7, 11) is -0.128. The average Bonchev–Trinajstić information content (AvgIpc) is 2.53. The molecule has 1 N–H and O–H groups in total. The van der Waals surface area contributed by atoms with Crippen LogP contribution in [0.25, 0.3) is 0 Å². The first-order valence-electron chi connectivity index (χ1n) is 3.37. The van der Waals surface area contributed by atoms with Gasteiger partial charge in [-0.25, -0.2) is 4.21 Å². The number of hydrogen-bond donors (Lipinski definition) is 1. The van der Waals surface area contributed by atoms with Crippen LogP contribution in [0, 0.1) is 0 Å². The van der Waals surface area contributed by atoms with Gasteiger partial charge in [-0.3, -0.25) is 0 Å². The molecule has 0 spiro atoms. The van der Waals surface area contributed by atoms with Gasteiger partial charge in [0.15, 0.2) is 11.0 Å². The molecule has 3 nitrogen and oxygen atoms in total. The van der Waals surface area contributed by atoms with Crippen LogP contribution in [-0.4, -0.2) is 22.6 Å². The summed E-state index contributed by atoms with van der Waals surface area (Å²) < 4.78 is 14.7. The molecule has 0 radical (unpaired) electrons. The van der Waals surface area contributed by atoms with E-state index in [2.05, 4.69) is 4.40 Å². The summed E-state index contributed by atoms with van der Waals surface area (Å²) >= 11 is 0. The third-order valence-corrected chi connectivity index (χ3v) is 2.44. The Labute approximate surface area is 73.4 Å².